The number of aromatic nitrogens is 2. The number of aryl methyl sites for hydroxylation is 1. The van der Waals surface area contributed by atoms with E-state index in [0.29, 0.717) is 13.2 Å². The molecule has 21 heavy (non-hydrogen) atoms. The summed E-state index contributed by atoms with van der Waals surface area (Å²) in [5, 5.41) is 3.87. The van der Waals surface area contributed by atoms with Crippen molar-refractivity contribution in [2.45, 2.75) is 32.4 Å². The van der Waals surface area contributed by atoms with Crippen molar-refractivity contribution in [2.75, 3.05) is 6.61 Å². The summed E-state index contributed by atoms with van der Waals surface area (Å²) in [7, 11) is 0. The number of nitrogens with zero attached hydrogens (tertiary/aromatic N) is 2. The highest BCUT2D eigenvalue weighted by Crippen LogP contribution is 2.27. The molecule has 2 aromatic rings. The molecule has 5 nitrogen and oxygen atoms in total. The van der Waals surface area contributed by atoms with E-state index < -0.39 is 0 Å². The molecule has 1 saturated heterocycles. The van der Waals surface area contributed by atoms with Crippen LogP contribution in [0.4, 0.5) is 0 Å². The Morgan fingerprint density at radius 3 is 3.19 bits per heavy atom. The zero-order valence-corrected chi connectivity index (χ0v) is 12.7. The number of carbonyl (C=O) groups excluding carboxylic acids is 1. The maximum atomic E-state index is 11.9. The van der Waals surface area contributed by atoms with Gasteiger partial charge in [0.05, 0.1) is 12.2 Å². The number of rotatable bonds is 4. The summed E-state index contributed by atoms with van der Waals surface area (Å²) < 4.78 is 5.38. The van der Waals surface area contributed by atoms with Crippen molar-refractivity contribution in [1.29, 1.82) is 0 Å². The highest BCUT2D eigenvalue weighted by molar-refractivity contribution is 7.15. The lowest BCUT2D eigenvalue weighted by Crippen LogP contribution is -2.33. The van der Waals surface area contributed by atoms with Crippen molar-refractivity contribution in [2.24, 2.45) is 0 Å². The summed E-state index contributed by atoms with van der Waals surface area (Å²) in [6, 6.07) is 3.88. The van der Waals surface area contributed by atoms with Crippen LogP contribution < -0.4 is 5.32 Å². The van der Waals surface area contributed by atoms with Crippen LogP contribution in [0.1, 0.15) is 23.4 Å². The summed E-state index contributed by atoms with van der Waals surface area (Å²) in [5.74, 6) is -0.0248. The molecule has 1 atom stereocenters. The van der Waals surface area contributed by atoms with E-state index in [-0.39, 0.29) is 12.0 Å². The van der Waals surface area contributed by atoms with Crippen LogP contribution >= 0.6 is 11.3 Å². The van der Waals surface area contributed by atoms with Gasteiger partial charge in [-0.1, -0.05) is 0 Å². The number of pyridine rings is 1. The van der Waals surface area contributed by atoms with Crippen molar-refractivity contribution in [3.8, 4) is 10.6 Å². The van der Waals surface area contributed by atoms with Gasteiger partial charge in [0, 0.05) is 29.4 Å². The van der Waals surface area contributed by atoms with Gasteiger partial charge in [0.25, 0.3) is 0 Å². The molecule has 0 aliphatic carbocycles. The average molecular weight is 303 g/mol. The maximum Gasteiger partial charge on any atom is 0.249 e. The second-order valence-electron chi connectivity index (χ2n) is 4.99. The Hall–Kier alpha value is -1.79. The fourth-order valence-electron chi connectivity index (χ4n) is 2.27. The van der Waals surface area contributed by atoms with E-state index in [1.165, 1.54) is 0 Å². The molecule has 3 heterocycles. The molecule has 6 heteroatoms. The fourth-order valence-corrected chi connectivity index (χ4v) is 3.26. The molecule has 1 aliphatic heterocycles. The lowest BCUT2D eigenvalue weighted by Gasteiger charge is -2.09. The highest BCUT2D eigenvalue weighted by Gasteiger charge is 2.23. The van der Waals surface area contributed by atoms with Crippen LogP contribution in [0.3, 0.4) is 0 Å². The minimum Gasteiger partial charge on any atom is -0.368 e. The number of hydrogen-bond donors (Lipinski definition) is 1. The van der Waals surface area contributed by atoms with Gasteiger partial charge in [-0.05, 0) is 31.9 Å². The van der Waals surface area contributed by atoms with Crippen LogP contribution in [0, 0.1) is 6.92 Å². The molecule has 0 saturated carbocycles. The largest absolute Gasteiger partial charge is 0.368 e. The van der Waals surface area contributed by atoms with Gasteiger partial charge in [-0.2, -0.15) is 0 Å². The standard InChI is InChI=1S/C15H17N3O2S/c1-10-13(9-17-14(19)12-5-3-7-20-12)21-15(18-10)11-4-2-6-16-8-11/h2,4,6,8,12H,3,5,7,9H2,1H3,(H,17,19). The number of carbonyl (C=O) groups is 1. The van der Waals surface area contributed by atoms with E-state index in [4.69, 9.17) is 4.74 Å². The summed E-state index contributed by atoms with van der Waals surface area (Å²) in [6.07, 6.45) is 5.03. The Kier molecular flexibility index (Phi) is 4.26. The van der Waals surface area contributed by atoms with Crippen LogP contribution in [-0.2, 0) is 16.1 Å². The second-order valence-corrected chi connectivity index (χ2v) is 6.07. The van der Waals surface area contributed by atoms with E-state index in [0.717, 1.165) is 34.0 Å². The maximum absolute atomic E-state index is 11.9. The van der Waals surface area contributed by atoms with Gasteiger partial charge in [0.1, 0.15) is 11.1 Å². The number of ether oxygens (including phenoxy) is 1. The Labute approximate surface area is 127 Å². The fraction of sp³-hybridized carbons (Fsp3) is 0.400. The predicted molar refractivity (Wildman–Crippen MR) is 80.9 cm³/mol. The quantitative estimate of drug-likeness (QED) is 0.941. The molecule has 0 aromatic carbocycles. The first-order valence-electron chi connectivity index (χ1n) is 7.00. The van der Waals surface area contributed by atoms with Crippen molar-refractivity contribution in [1.82, 2.24) is 15.3 Å². The van der Waals surface area contributed by atoms with Gasteiger partial charge >= 0.3 is 0 Å². The van der Waals surface area contributed by atoms with Crippen LogP contribution in [0.2, 0.25) is 0 Å². The number of nitrogens with one attached hydrogen (secondary N) is 1. The Morgan fingerprint density at radius 1 is 1.57 bits per heavy atom. The normalized spacial score (nSPS) is 17.9. The van der Waals surface area contributed by atoms with Crippen LogP contribution in [0.15, 0.2) is 24.5 Å². The first-order valence-corrected chi connectivity index (χ1v) is 7.81. The molecule has 0 spiro atoms. The zero-order chi connectivity index (χ0) is 14.7. The van der Waals surface area contributed by atoms with Gasteiger partial charge in [-0.25, -0.2) is 4.98 Å². The van der Waals surface area contributed by atoms with Gasteiger partial charge in [-0.15, -0.1) is 11.3 Å². The van der Waals surface area contributed by atoms with E-state index in [1.54, 1.807) is 23.7 Å². The zero-order valence-electron chi connectivity index (χ0n) is 11.8. The molecule has 2 aromatic heterocycles. The third-order valence-electron chi connectivity index (χ3n) is 3.45. The molecule has 3 rings (SSSR count). The number of amides is 1. The summed E-state index contributed by atoms with van der Waals surface area (Å²) in [4.78, 5) is 21.7. The molecule has 1 aliphatic rings. The van der Waals surface area contributed by atoms with Crippen molar-refractivity contribution in [3.05, 3.63) is 35.1 Å². The Balaban J connectivity index is 1.66. The van der Waals surface area contributed by atoms with Crippen molar-refractivity contribution in [3.63, 3.8) is 0 Å². The van der Waals surface area contributed by atoms with Crippen molar-refractivity contribution >= 4 is 17.2 Å². The second kappa shape index (κ2) is 6.32. The monoisotopic (exact) mass is 303 g/mol. The molecular weight excluding hydrogens is 286 g/mol. The minimum absolute atomic E-state index is 0.0248. The molecular formula is C15H17N3O2S. The first-order chi connectivity index (χ1) is 10.2. The first kappa shape index (κ1) is 14.2. The van der Waals surface area contributed by atoms with Crippen LogP contribution in [-0.4, -0.2) is 28.6 Å². The van der Waals surface area contributed by atoms with Crippen molar-refractivity contribution < 1.29 is 9.53 Å². The van der Waals surface area contributed by atoms with Crippen LogP contribution in [0.25, 0.3) is 10.6 Å². The molecule has 0 radical (unpaired) electrons. The number of hydrogen-bond acceptors (Lipinski definition) is 5. The van der Waals surface area contributed by atoms with E-state index in [1.807, 2.05) is 19.1 Å². The van der Waals surface area contributed by atoms with E-state index in [2.05, 4.69) is 15.3 Å². The Morgan fingerprint density at radius 2 is 2.48 bits per heavy atom. The lowest BCUT2D eigenvalue weighted by molar-refractivity contribution is -0.130. The molecule has 1 unspecified atom stereocenters. The summed E-state index contributed by atoms with van der Waals surface area (Å²) in [6.45, 7) is 3.15. The highest BCUT2D eigenvalue weighted by atomic mass is 32.1. The topological polar surface area (TPSA) is 64.1 Å². The lowest BCUT2D eigenvalue weighted by atomic mass is 10.2. The van der Waals surface area contributed by atoms with Crippen LogP contribution in [0.5, 0.6) is 0 Å². The average Bonchev–Trinajstić information content (AvgIpc) is 3.16. The SMILES string of the molecule is Cc1nc(-c2cccnc2)sc1CNC(=O)C1CCCO1. The third kappa shape index (κ3) is 3.28. The van der Waals surface area contributed by atoms with Gasteiger partial charge in [0.15, 0.2) is 0 Å². The molecule has 110 valence electrons. The molecule has 1 N–H and O–H groups in total. The third-order valence-corrected chi connectivity index (χ3v) is 4.65. The number of thiazole rings is 1. The molecule has 1 amide bonds. The molecule has 1 fully saturated rings. The van der Waals surface area contributed by atoms with E-state index in [9.17, 15) is 4.79 Å². The Bertz CT molecular complexity index is 621. The molecule has 0 bridgehead atoms. The van der Waals surface area contributed by atoms with Gasteiger partial charge in [-0.3, -0.25) is 9.78 Å². The van der Waals surface area contributed by atoms with Gasteiger partial charge < -0.3 is 10.1 Å². The summed E-state index contributed by atoms with van der Waals surface area (Å²) >= 11 is 1.59. The minimum atomic E-state index is -0.281. The predicted octanol–water partition coefficient (Wildman–Crippen LogP) is 2.31. The smallest absolute Gasteiger partial charge is 0.249 e. The van der Waals surface area contributed by atoms with E-state index >= 15 is 0 Å². The summed E-state index contributed by atoms with van der Waals surface area (Å²) in [5.41, 5.74) is 1.95. The van der Waals surface area contributed by atoms with Gasteiger partial charge in [0.2, 0.25) is 5.91 Å².